The van der Waals surface area contributed by atoms with Crippen LogP contribution in [0.5, 0.6) is 0 Å². The van der Waals surface area contributed by atoms with Crippen LogP contribution in [0.3, 0.4) is 0 Å². The molecule has 0 N–H and O–H groups in total. The molecule has 2 heteroatoms. The Labute approximate surface area is 87.4 Å². The summed E-state index contributed by atoms with van der Waals surface area (Å²) in [5.74, 6) is 1.17. The molecule has 1 rings (SSSR count). The Morgan fingerprint density at radius 3 is 1.86 bits per heavy atom. The van der Waals surface area contributed by atoms with Crippen molar-refractivity contribution in [1.29, 1.82) is 0 Å². The van der Waals surface area contributed by atoms with Crippen LogP contribution in [0.2, 0.25) is 0 Å². The molecule has 0 aliphatic heterocycles. The normalized spacial score (nSPS) is 13.4. The summed E-state index contributed by atoms with van der Waals surface area (Å²) in [6.45, 7) is 15.4. The second-order valence-corrected chi connectivity index (χ2v) is 5.98. The maximum Gasteiger partial charge on any atom is 0.114 e. The first kappa shape index (κ1) is 11.3. The predicted molar refractivity (Wildman–Crippen MR) is 60.7 cm³/mol. The third-order valence-electron chi connectivity index (χ3n) is 2.28. The van der Waals surface area contributed by atoms with Crippen molar-refractivity contribution < 1.29 is 0 Å². The van der Waals surface area contributed by atoms with Crippen molar-refractivity contribution >= 4 is 0 Å². The standard InChI is InChI=1S/C12H22N2/c1-9-8-13-10(11(2,3)4)14(9)12(5,6)7/h8H,1-7H3. The molecule has 0 amide bonds. The molecule has 1 aromatic rings. The number of aryl methyl sites for hydroxylation is 1. The van der Waals surface area contributed by atoms with Crippen LogP contribution < -0.4 is 0 Å². The van der Waals surface area contributed by atoms with E-state index in [1.54, 1.807) is 0 Å². The van der Waals surface area contributed by atoms with Gasteiger partial charge >= 0.3 is 0 Å². The Morgan fingerprint density at radius 2 is 1.57 bits per heavy atom. The van der Waals surface area contributed by atoms with Crippen molar-refractivity contribution in [3.63, 3.8) is 0 Å². The first-order valence-corrected chi connectivity index (χ1v) is 5.19. The highest BCUT2D eigenvalue weighted by atomic mass is 15.1. The lowest BCUT2D eigenvalue weighted by Crippen LogP contribution is -2.30. The quantitative estimate of drug-likeness (QED) is 0.620. The summed E-state index contributed by atoms with van der Waals surface area (Å²) < 4.78 is 2.33. The Bertz CT molecular complexity index is 321. The molecule has 80 valence electrons. The molecule has 0 atom stereocenters. The van der Waals surface area contributed by atoms with Crippen LogP contribution in [-0.4, -0.2) is 9.55 Å². The molecule has 2 nitrogen and oxygen atoms in total. The number of hydrogen-bond acceptors (Lipinski definition) is 1. The van der Waals surface area contributed by atoms with Gasteiger partial charge in [-0.3, -0.25) is 0 Å². The molecular formula is C12H22N2. The third-order valence-corrected chi connectivity index (χ3v) is 2.28. The Morgan fingerprint density at radius 1 is 1.07 bits per heavy atom. The molecule has 0 spiro atoms. The summed E-state index contributed by atoms with van der Waals surface area (Å²) in [5, 5.41) is 0. The largest absolute Gasteiger partial charge is 0.327 e. The van der Waals surface area contributed by atoms with Crippen molar-refractivity contribution in [1.82, 2.24) is 9.55 Å². The minimum Gasteiger partial charge on any atom is -0.327 e. The van der Waals surface area contributed by atoms with E-state index >= 15 is 0 Å². The van der Waals surface area contributed by atoms with Crippen LogP contribution in [0.15, 0.2) is 6.20 Å². The second kappa shape index (κ2) is 3.11. The Balaban J connectivity index is 3.35. The van der Waals surface area contributed by atoms with E-state index in [9.17, 15) is 0 Å². The molecule has 0 saturated heterocycles. The zero-order valence-corrected chi connectivity index (χ0v) is 10.5. The lowest BCUT2D eigenvalue weighted by Gasteiger charge is -2.30. The van der Waals surface area contributed by atoms with E-state index in [-0.39, 0.29) is 11.0 Å². The SMILES string of the molecule is Cc1cnc(C(C)(C)C)n1C(C)(C)C. The molecule has 14 heavy (non-hydrogen) atoms. The lowest BCUT2D eigenvalue weighted by atomic mass is 9.94. The van der Waals surface area contributed by atoms with Gasteiger partial charge in [0, 0.05) is 22.8 Å². The second-order valence-electron chi connectivity index (χ2n) is 5.98. The smallest absolute Gasteiger partial charge is 0.114 e. The predicted octanol–water partition coefficient (Wildman–Crippen LogP) is 3.24. The van der Waals surface area contributed by atoms with Crippen molar-refractivity contribution in [3.8, 4) is 0 Å². The average Bonchev–Trinajstić information content (AvgIpc) is 2.27. The number of hydrogen-bond donors (Lipinski definition) is 0. The van der Waals surface area contributed by atoms with E-state index in [2.05, 4.69) is 58.0 Å². The average molecular weight is 194 g/mol. The van der Waals surface area contributed by atoms with Crippen molar-refractivity contribution in [2.75, 3.05) is 0 Å². The van der Waals surface area contributed by atoms with Gasteiger partial charge < -0.3 is 4.57 Å². The molecule has 0 saturated carbocycles. The minimum absolute atomic E-state index is 0.113. The van der Waals surface area contributed by atoms with E-state index in [4.69, 9.17) is 0 Å². The monoisotopic (exact) mass is 194 g/mol. The van der Waals surface area contributed by atoms with Gasteiger partial charge in [0.1, 0.15) is 5.82 Å². The van der Waals surface area contributed by atoms with E-state index in [1.165, 1.54) is 11.5 Å². The van der Waals surface area contributed by atoms with Crippen LogP contribution >= 0.6 is 0 Å². The highest BCUT2D eigenvalue weighted by Crippen LogP contribution is 2.27. The van der Waals surface area contributed by atoms with Crippen LogP contribution in [-0.2, 0) is 11.0 Å². The summed E-state index contributed by atoms with van der Waals surface area (Å²) in [7, 11) is 0. The van der Waals surface area contributed by atoms with Gasteiger partial charge in [-0.15, -0.1) is 0 Å². The molecule has 0 bridgehead atoms. The van der Waals surface area contributed by atoms with Crippen molar-refractivity contribution in [2.24, 2.45) is 0 Å². The van der Waals surface area contributed by atoms with Gasteiger partial charge in [-0.05, 0) is 27.7 Å². The maximum atomic E-state index is 4.52. The summed E-state index contributed by atoms with van der Waals surface area (Å²) in [5.41, 5.74) is 1.47. The van der Waals surface area contributed by atoms with Gasteiger partial charge in [0.05, 0.1) is 0 Å². The topological polar surface area (TPSA) is 17.8 Å². The fourth-order valence-electron chi connectivity index (χ4n) is 1.81. The lowest BCUT2D eigenvalue weighted by molar-refractivity contribution is 0.348. The highest BCUT2D eigenvalue weighted by molar-refractivity contribution is 5.13. The zero-order valence-electron chi connectivity index (χ0n) is 10.5. The molecule has 0 radical (unpaired) electrons. The van der Waals surface area contributed by atoms with Gasteiger partial charge in [0.25, 0.3) is 0 Å². The highest BCUT2D eigenvalue weighted by Gasteiger charge is 2.26. The number of rotatable bonds is 0. The van der Waals surface area contributed by atoms with E-state index in [1.807, 2.05) is 6.20 Å². The maximum absolute atomic E-state index is 4.52. The van der Waals surface area contributed by atoms with Crippen LogP contribution in [0.4, 0.5) is 0 Å². The first-order valence-electron chi connectivity index (χ1n) is 5.19. The molecular weight excluding hydrogens is 172 g/mol. The summed E-state index contributed by atoms with van der Waals surface area (Å²) in [4.78, 5) is 4.52. The third kappa shape index (κ3) is 1.99. The molecule has 1 heterocycles. The van der Waals surface area contributed by atoms with Crippen LogP contribution in [0.1, 0.15) is 53.1 Å². The zero-order chi connectivity index (χ0) is 11.1. The van der Waals surface area contributed by atoms with Crippen molar-refractivity contribution in [2.45, 2.75) is 59.4 Å². The first-order chi connectivity index (χ1) is 6.14. The number of nitrogens with zero attached hydrogens (tertiary/aromatic N) is 2. The van der Waals surface area contributed by atoms with Gasteiger partial charge in [0.2, 0.25) is 0 Å². The number of aromatic nitrogens is 2. The number of imidazole rings is 1. The molecule has 0 unspecified atom stereocenters. The van der Waals surface area contributed by atoms with Gasteiger partial charge in [-0.2, -0.15) is 0 Å². The van der Waals surface area contributed by atoms with E-state index in [0.717, 1.165) is 0 Å². The summed E-state index contributed by atoms with van der Waals surface area (Å²) in [6, 6.07) is 0. The van der Waals surface area contributed by atoms with Gasteiger partial charge in [-0.25, -0.2) is 4.98 Å². The van der Waals surface area contributed by atoms with E-state index in [0.29, 0.717) is 0 Å². The molecule has 0 aliphatic carbocycles. The summed E-state index contributed by atoms with van der Waals surface area (Å²) in [6.07, 6.45) is 1.96. The summed E-state index contributed by atoms with van der Waals surface area (Å²) >= 11 is 0. The van der Waals surface area contributed by atoms with Gasteiger partial charge in [-0.1, -0.05) is 20.8 Å². The molecule has 0 aromatic carbocycles. The fraction of sp³-hybridized carbons (Fsp3) is 0.750. The van der Waals surface area contributed by atoms with Crippen LogP contribution in [0.25, 0.3) is 0 Å². The Kier molecular flexibility index (Phi) is 2.51. The molecule has 1 aromatic heterocycles. The van der Waals surface area contributed by atoms with E-state index < -0.39 is 0 Å². The molecule has 0 fully saturated rings. The van der Waals surface area contributed by atoms with Gasteiger partial charge in [0.15, 0.2) is 0 Å². The van der Waals surface area contributed by atoms with Crippen LogP contribution in [0, 0.1) is 6.92 Å². The van der Waals surface area contributed by atoms with Crippen molar-refractivity contribution in [3.05, 3.63) is 17.7 Å². The Hall–Kier alpha value is -0.790. The minimum atomic E-state index is 0.113. The fourth-order valence-corrected chi connectivity index (χ4v) is 1.81. The molecule has 0 aliphatic rings.